The summed E-state index contributed by atoms with van der Waals surface area (Å²) in [5, 5.41) is 43.1. The number of aromatic nitrogens is 1. The molecule has 3 amide bonds. The molecular weight excluding hydrogens is 1010 g/mol. The van der Waals surface area contributed by atoms with Gasteiger partial charge in [0.1, 0.15) is 18.1 Å². The number of carbonyl (C=O) groups is 3. The number of nitrogens with one attached hydrogen (secondary N) is 4. The number of allylic oxidation sites excluding steroid dienone is 1. The van der Waals surface area contributed by atoms with Gasteiger partial charge in [0.05, 0.1) is 45.3 Å². The number of rotatable bonds is 20. The number of nitro groups is 1. The van der Waals surface area contributed by atoms with E-state index in [1.54, 1.807) is 30.3 Å². The van der Waals surface area contributed by atoms with Crippen LogP contribution in [0, 0.1) is 10.1 Å². The van der Waals surface area contributed by atoms with Crippen molar-refractivity contribution in [3.8, 4) is 11.5 Å². The van der Waals surface area contributed by atoms with Crippen molar-refractivity contribution < 1.29 is 43.4 Å². The quantitative estimate of drug-likeness (QED) is 0.0185. The van der Waals surface area contributed by atoms with Gasteiger partial charge in [0.2, 0.25) is 11.5 Å². The molecule has 4 aromatic carbocycles. The van der Waals surface area contributed by atoms with Gasteiger partial charge in [0.25, 0.3) is 5.69 Å². The Hall–Kier alpha value is -6.99. The molecule has 7 rings (SSSR count). The van der Waals surface area contributed by atoms with Gasteiger partial charge in [-0.2, -0.15) is 0 Å². The summed E-state index contributed by atoms with van der Waals surface area (Å²) in [5.74, 6) is 0.0498. The van der Waals surface area contributed by atoms with Crippen LogP contribution >= 0.6 is 11.6 Å². The van der Waals surface area contributed by atoms with Gasteiger partial charge in [0, 0.05) is 66.5 Å². The average molecular weight is 1080 g/mol. The normalized spacial score (nSPS) is 18.3. The molecule has 5 aromatic rings. The van der Waals surface area contributed by atoms with E-state index in [-0.39, 0.29) is 64.9 Å². The lowest BCUT2D eigenvalue weighted by atomic mass is 9.70. The first-order chi connectivity index (χ1) is 36.0. The number of benzene rings is 4. The number of halogens is 1. The minimum absolute atomic E-state index is 0.0170. The minimum Gasteiger partial charge on any atom is -0.506 e. The molecule has 76 heavy (non-hydrogen) atoms. The van der Waals surface area contributed by atoms with Crippen molar-refractivity contribution in [2.45, 2.75) is 133 Å². The minimum atomic E-state index is -2.36. The Morgan fingerprint density at radius 2 is 1.70 bits per heavy atom. The number of ether oxygens (including phenoxy) is 2. The van der Waals surface area contributed by atoms with E-state index < -0.39 is 42.5 Å². The largest absolute Gasteiger partial charge is 0.506 e. The zero-order chi connectivity index (χ0) is 55.0. The molecule has 1 heterocycles. The first kappa shape index (κ1) is 56.7. The summed E-state index contributed by atoms with van der Waals surface area (Å²) in [6.45, 7) is 13.2. The molecule has 1 saturated carbocycles. The zero-order valence-corrected chi connectivity index (χ0v) is 45.9. The molecule has 19 heteroatoms. The van der Waals surface area contributed by atoms with Crippen LogP contribution < -0.4 is 26.2 Å². The number of methoxy groups -OCH3 is 1. The Bertz CT molecular complexity index is 3050. The van der Waals surface area contributed by atoms with E-state index in [4.69, 9.17) is 25.5 Å². The SMILES string of the molecule is COc1cc(NC(=O)CCC[C@]2(NC(=O)OCc3ccc([N+](=O)[O-])cc3)C=C[C@@](C)(c3ccccc3)C(N(C(=O)O)C3CCCCC3)=C2)c(Cl)cc1CNC[C@H](O[Si](C)(C)C(C)(C)C)c1ccc(O)c2[nH]c(=O)ccc12. The fourth-order valence-electron chi connectivity index (χ4n) is 9.77. The summed E-state index contributed by atoms with van der Waals surface area (Å²) in [7, 11) is -0.836. The number of aromatic amines is 1. The van der Waals surface area contributed by atoms with Crippen molar-refractivity contribution in [1.82, 2.24) is 20.5 Å². The van der Waals surface area contributed by atoms with Crippen LogP contribution in [0.3, 0.4) is 0 Å². The first-order valence-corrected chi connectivity index (χ1v) is 28.9. The highest BCUT2D eigenvalue weighted by Gasteiger charge is 2.45. The number of aromatic hydroxyl groups is 1. The third kappa shape index (κ3) is 13.3. The van der Waals surface area contributed by atoms with Crippen molar-refractivity contribution in [2.75, 3.05) is 19.0 Å². The highest BCUT2D eigenvalue weighted by atomic mass is 35.5. The van der Waals surface area contributed by atoms with Gasteiger partial charge in [0.15, 0.2) is 8.32 Å². The molecule has 1 aromatic heterocycles. The Labute approximate surface area is 449 Å². The van der Waals surface area contributed by atoms with Crippen molar-refractivity contribution in [3.05, 3.63) is 163 Å². The van der Waals surface area contributed by atoms with Crippen LogP contribution in [-0.4, -0.2) is 76.7 Å². The smallest absolute Gasteiger partial charge is 0.411 e. The van der Waals surface area contributed by atoms with E-state index in [0.717, 1.165) is 30.4 Å². The van der Waals surface area contributed by atoms with E-state index in [2.05, 4.69) is 54.8 Å². The van der Waals surface area contributed by atoms with E-state index in [9.17, 15) is 39.5 Å². The highest BCUT2D eigenvalue weighted by molar-refractivity contribution is 6.74. The van der Waals surface area contributed by atoms with Crippen LogP contribution in [0.5, 0.6) is 11.5 Å². The molecular formula is C57H69ClN6O11Si. The van der Waals surface area contributed by atoms with E-state index >= 15 is 0 Å². The topological polar surface area (TPSA) is 235 Å². The number of carboxylic acid groups (broad SMARTS) is 1. The number of H-pyrrole nitrogens is 1. The number of amides is 3. The van der Waals surface area contributed by atoms with Crippen LogP contribution in [-0.2, 0) is 32.5 Å². The number of nitrogens with zero attached hydrogens (tertiary/aromatic N) is 2. The summed E-state index contributed by atoms with van der Waals surface area (Å²) < 4.78 is 18.5. The second-order valence-electron chi connectivity index (χ2n) is 21.4. The van der Waals surface area contributed by atoms with Crippen LogP contribution in [0.2, 0.25) is 23.2 Å². The van der Waals surface area contributed by atoms with Crippen LogP contribution in [0.15, 0.2) is 120 Å². The first-order valence-electron chi connectivity index (χ1n) is 25.6. The molecule has 0 radical (unpaired) electrons. The Kier molecular flexibility index (Phi) is 17.8. The third-order valence-electron chi connectivity index (χ3n) is 15.1. The summed E-state index contributed by atoms with van der Waals surface area (Å²) in [5.41, 5.74) is 1.32. The second kappa shape index (κ2) is 23.9. The third-order valence-corrected chi connectivity index (χ3v) is 19.9. The number of fused-ring (bicyclic) bond motifs is 1. The Morgan fingerprint density at radius 1 is 0.987 bits per heavy atom. The molecule has 0 saturated heterocycles. The van der Waals surface area contributed by atoms with Crippen molar-refractivity contribution in [2.24, 2.45) is 0 Å². The van der Waals surface area contributed by atoms with Gasteiger partial charge in [-0.05, 0) is 104 Å². The number of phenols is 1. The molecule has 1 fully saturated rings. The predicted molar refractivity (Wildman–Crippen MR) is 296 cm³/mol. The molecule has 0 unspecified atom stereocenters. The lowest BCUT2D eigenvalue weighted by molar-refractivity contribution is -0.384. The summed E-state index contributed by atoms with van der Waals surface area (Å²) in [6.07, 6.45) is 7.63. The highest BCUT2D eigenvalue weighted by Crippen LogP contribution is 2.45. The lowest BCUT2D eigenvalue weighted by Gasteiger charge is -2.46. The molecule has 3 atom stereocenters. The zero-order valence-electron chi connectivity index (χ0n) is 44.2. The number of pyridine rings is 1. The van der Waals surface area contributed by atoms with Crippen LogP contribution in [0.25, 0.3) is 10.9 Å². The van der Waals surface area contributed by atoms with E-state index in [0.29, 0.717) is 65.1 Å². The van der Waals surface area contributed by atoms with E-state index in [1.165, 1.54) is 42.3 Å². The van der Waals surface area contributed by atoms with Crippen molar-refractivity contribution >= 4 is 60.3 Å². The molecule has 2 aliphatic carbocycles. The maximum absolute atomic E-state index is 13.9. The summed E-state index contributed by atoms with van der Waals surface area (Å²) in [4.78, 5) is 68.3. The average Bonchev–Trinajstić information content (AvgIpc) is 3.38. The number of hydrogen-bond donors (Lipinski definition) is 6. The number of alkyl carbamates (subject to hydrolysis) is 1. The van der Waals surface area contributed by atoms with Gasteiger partial charge >= 0.3 is 12.2 Å². The summed E-state index contributed by atoms with van der Waals surface area (Å²) >= 11 is 6.88. The van der Waals surface area contributed by atoms with Gasteiger partial charge in [-0.15, -0.1) is 0 Å². The maximum atomic E-state index is 13.9. The number of phenolic OH excluding ortho intramolecular Hbond substituents is 1. The van der Waals surface area contributed by atoms with Gasteiger partial charge in [-0.25, -0.2) is 9.59 Å². The monoisotopic (exact) mass is 1080 g/mol. The molecule has 404 valence electrons. The van der Waals surface area contributed by atoms with Crippen LogP contribution in [0.4, 0.5) is 21.0 Å². The summed E-state index contributed by atoms with van der Waals surface area (Å²) in [6, 6.07) is 24.8. The lowest BCUT2D eigenvalue weighted by Crippen LogP contribution is -2.53. The molecule has 2 aliphatic rings. The van der Waals surface area contributed by atoms with Crippen LogP contribution in [0.1, 0.15) is 107 Å². The fourth-order valence-corrected chi connectivity index (χ4v) is 11.3. The molecule has 0 aliphatic heterocycles. The van der Waals surface area contributed by atoms with Gasteiger partial charge < -0.3 is 45.0 Å². The Balaban J connectivity index is 1.10. The number of hydrogen-bond acceptors (Lipinski definition) is 11. The number of nitro benzene ring substituents is 1. The van der Waals surface area contributed by atoms with Gasteiger partial charge in [-0.1, -0.05) is 100 Å². The molecule has 0 spiro atoms. The number of anilines is 1. The predicted octanol–water partition coefficient (Wildman–Crippen LogP) is 12.2. The molecule has 17 nitrogen and oxygen atoms in total. The number of carbonyl (C=O) groups excluding carboxylic acids is 2. The molecule has 0 bridgehead atoms. The second-order valence-corrected chi connectivity index (χ2v) is 26.5. The fraction of sp³-hybridized carbons (Fsp3) is 0.404. The maximum Gasteiger partial charge on any atom is 0.411 e. The van der Waals surface area contributed by atoms with Crippen molar-refractivity contribution in [1.29, 1.82) is 0 Å². The Morgan fingerprint density at radius 3 is 2.36 bits per heavy atom. The van der Waals surface area contributed by atoms with Gasteiger partial charge in [-0.3, -0.25) is 24.6 Å². The van der Waals surface area contributed by atoms with Crippen molar-refractivity contribution in [3.63, 3.8) is 0 Å². The molecule has 6 N–H and O–H groups in total. The number of non-ortho nitro benzene ring substituents is 1. The standard InChI is InChI=1S/C57H69ClN6O11Si/c1-55(2,3)76(6,7)75-48(42-24-26-46(65)52-43(42)25-27-51(67)61-52)35-59-34-38-31-44(58)45(32-47(38)73-5)60-50(66)19-14-28-57(62-53(68)74-36-37-20-22-41(23-21-37)64(71)72)30-29-56(4,39-15-10-8-11-16-39)49(33-57)63(54(69)70)40-17-12-9-13-18-40/h8,10-11,15-16,20-27,29-33,40,48,59,65H,9,12-14,17-19,28,34-36H2,1-7H3,(H,60,66)(H,61,67)(H,62,68)(H,69,70)/t48-,56-,57-/m0/s1. The van der Waals surface area contributed by atoms with E-state index in [1.807, 2.05) is 55.5 Å².